The van der Waals surface area contributed by atoms with E-state index < -0.39 is 0 Å². The monoisotopic (exact) mass is 337 g/mol. The normalized spacial score (nSPS) is 10.6. The van der Waals surface area contributed by atoms with Crippen LogP contribution in [0.5, 0.6) is 11.5 Å². The van der Waals surface area contributed by atoms with Gasteiger partial charge in [-0.15, -0.1) is 0 Å². The van der Waals surface area contributed by atoms with E-state index in [1.165, 1.54) is 11.7 Å². The van der Waals surface area contributed by atoms with Crippen molar-refractivity contribution < 1.29 is 15.0 Å². The van der Waals surface area contributed by atoms with Gasteiger partial charge in [0.1, 0.15) is 11.5 Å². The van der Waals surface area contributed by atoms with Gasteiger partial charge in [-0.1, -0.05) is 6.92 Å². The van der Waals surface area contributed by atoms with Crippen LogP contribution in [-0.4, -0.2) is 26.0 Å². The minimum absolute atomic E-state index is 0.172. The van der Waals surface area contributed by atoms with Gasteiger partial charge in [0, 0.05) is 23.6 Å². The smallest absolute Gasteiger partial charge is 0.236 e. The Balaban J connectivity index is 2.22. The fraction of sp³-hybridized carbons (Fsp3) is 0.158. The van der Waals surface area contributed by atoms with Crippen molar-refractivity contribution in [3.05, 3.63) is 54.1 Å². The van der Waals surface area contributed by atoms with Gasteiger partial charge in [0.25, 0.3) is 0 Å². The molecule has 0 aliphatic heterocycles. The molecule has 25 heavy (non-hydrogen) atoms. The number of aromatic nitrogens is 2. The first-order chi connectivity index (χ1) is 12.0. The molecule has 0 unspecified atom stereocenters. The van der Waals surface area contributed by atoms with Crippen LogP contribution >= 0.6 is 0 Å². The Bertz CT molecular complexity index is 897. The van der Waals surface area contributed by atoms with Crippen molar-refractivity contribution in [3.8, 4) is 34.0 Å². The van der Waals surface area contributed by atoms with Crippen LogP contribution in [0.15, 0.2) is 48.5 Å². The Morgan fingerprint density at radius 1 is 1.00 bits per heavy atom. The highest BCUT2D eigenvalue weighted by Gasteiger charge is 2.20. The predicted molar refractivity (Wildman–Crippen MR) is 95.8 cm³/mol. The van der Waals surface area contributed by atoms with Crippen LogP contribution in [0.25, 0.3) is 22.5 Å². The van der Waals surface area contributed by atoms with Crippen LogP contribution in [-0.2, 0) is 11.2 Å². The Kier molecular flexibility index (Phi) is 4.43. The molecule has 3 N–H and O–H groups in total. The highest BCUT2D eigenvalue weighted by Crippen LogP contribution is 2.33. The number of carbonyl (C=O) groups excluding carboxylic acids is 1. The zero-order chi connectivity index (χ0) is 18.0. The lowest BCUT2D eigenvalue weighted by Gasteiger charge is -2.09. The van der Waals surface area contributed by atoms with Gasteiger partial charge < -0.3 is 10.2 Å². The molecule has 0 saturated carbocycles. The van der Waals surface area contributed by atoms with Gasteiger partial charge in [0.15, 0.2) is 0 Å². The number of rotatable bonds is 4. The number of phenols is 2. The van der Waals surface area contributed by atoms with Crippen LogP contribution in [0, 0.1) is 0 Å². The maximum atomic E-state index is 11.6. The molecule has 0 fully saturated rings. The third kappa shape index (κ3) is 3.33. The summed E-state index contributed by atoms with van der Waals surface area (Å²) < 4.78 is 0. The first-order valence-electron chi connectivity index (χ1n) is 7.98. The molecule has 0 saturated heterocycles. The number of amides is 1. The number of aromatic hydroxyl groups is 2. The first-order valence-corrected chi connectivity index (χ1v) is 7.98. The van der Waals surface area contributed by atoms with Crippen molar-refractivity contribution in [1.82, 2.24) is 9.89 Å². The molecule has 1 heterocycles. The minimum atomic E-state index is -0.234. The molecule has 0 aliphatic rings. The van der Waals surface area contributed by atoms with E-state index in [9.17, 15) is 15.0 Å². The predicted octanol–water partition coefficient (Wildman–Crippen LogP) is 3.28. The molecule has 128 valence electrons. The standard InChI is InChI=1S/C19H19N3O3/c1-3-17-18(13-4-8-15(24)9-5-13)21-22(20-12(2)23)19(17)14-6-10-16(25)11-7-14/h4-11,24-25H,3H2,1-2H3,(H,20,23). The molecule has 0 spiro atoms. The average Bonchev–Trinajstić information content (AvgIpc) is 2.93. The highest BCUT2D eigenvalue weighted by atomic mass is 16.3. The summed E-state index contributed by atoms with van der Waals surface area (Å²) in [5, 5.41) is 23.6. The quantitative estimate of drug-likeness (QED) is 0.682. The Morgan fingerprint density at radius 3 is 2.00 bits per heavy atom. The second kappa shape index (κ2) is 6.68. The van der Waals surface area contributed by atoms with Crippen LogP contribution in [0.4, 0.5) is 0 Å². The zero-order valence-electron chi connectivity index (χ0n) is 14.0. The molecular weight excluding hydrogens is 318 g/mol. The lowest BCUT2D eigenvalue weighted by Crippen LogP contribution is -2.22. The maximum absolute atomic E-state index is 11.6. The first kappa shape index (κ1) is 16.6. The summed E-state index contributed by atoms with van der Waals surface area (Å²) in [7, 11) is 0. The lowest BCUT2D eigenvalue weighted by atomic mass is 10.00. The van der Waals surface area contributed by atoms with E-state index in [0.717, 1.165) is 28.1 Å². The van der Waals surface area contributed by atoms with E-state index in [1.54, 1.807) is 48.5 Å². The highest BCUT2D eigenvalue weighted by molar-refractivity contribution is 5.83. The number of carbonyl (C=O) groups is 1. The third-order valence-electron chi connectivity index (χ3n) is 3.88. The fourth-order valence-electron chi connectivity index (χ4n) is 2.78. The zero-order valence-corrected chi connectivity index (χ0v) is 14.0. The van der Waals surface area contributed by atoms with Crippen molar-refractivity contribution in [2.24, 2.45) is 0 Å². The third-order valence-corrected chi connectivity index (χ3v) is 3.88. The summed E-state index contributed by atoms with van der Waals surface area (Å²) >= 11 is 0. The average molecular weight is 337 g/mol. The van der Waals surface area contributed by atoms with E-state index in [2.05, 4.69) is 10.5 Å². The number of benzene rings is 2. The van der Waals surface area contributed by atoms with Gasteiger partial charge in [-0.2, -0.15) is 9.89 Å². The topological polar surface area (TPSA) is 87.4 Å². The molecule has 3 aromatic rings. The van der Waals surface area contributed by atoms with Crippen molar-refractivity contribution in [3.63, 3.8) is 0 Å². The summed E-state index contributed by atoms with van der Waals surface area (Å²) in [6.07, 6.45) is 0.700. The van der Waals surface area contributed by atoms with E-state index in [0.29, 0.717) is 6.42 Å². The molecule has 1 amide bonds. The molecular formula is C19H19N3O3. The number of nitrogens with zero attached hydrogens (tertiary/aromatic N) is 2. The van der Waals surface area contributed by atoms with Crippen molar-refractivity contribution in [2.45, 2.75) is 20.3 Å². The molecule has 0 atom stereocenters. The summed E-state index contributed by atoms with van der Waals surface area (Å²) in [5.41, 5.74) is 6.86. The van der Waals surface area contributed by atoms with Crippen LogP contribution in [0.3, 0.4) is 0 Å². The van der Waals surface area contributed by atoms with E-state index in [-0.39, 0.29) is 17.4 Å². The molecule has 6 nitrogen and oxygen atoms in total. The van der Waals surface area contributed by atoms with Crippen molar-refractivity contribution in [1.29, 1.82) is 0 Å². The van der Waals surface area contributed by atoms with Gasteiger partial charge in [-0.3, -0.25) is 4.79 Å². The van der Waals surface area contributed by atoms with Gasteiger partial charge in [0.2, 0.25) is 5.91 Å². The number of hydrogen-bond donors (Lipinski definition) is 3. The second-order valence-electron chi connectivity index (χ2n) is 5.70. The number of nitrogens with one attached hydrogen (secondary N) is 1. The second-order valence-corrected chi connectivity index (χ2v) is 5.70. The number of hydrogen-bond acceptors (Lipinski definition) is 4. The fourth-order valence-corrected chi connectivity index (χ4v) is 2.78. The minimum Gasteiger partial charge on any atom is -0.508 e. The molecule has 3 rings (SSSR count). The Hall–Kier alpha value is -3.28. The SMILES string of the molecule is CCc1c(-c2ccc(O)cc2)nn(NC(C)=O)c1-c1ccc(O)cc1. The molecule has 0 radical (unpaired) electrons. The largest absolute Gasteiger partial charge is 0.508 e. The van der Waals surface area contributed by atoms with Gasteiger partial charge in [0.05, 0.1) is 11.4 Å². The van der Waals surface area contributed by atoms with Crippen LogP contribution in [0.2, 0.25) is 0 Å². The lowest BCUT2D eigenvalue weighted by molar-refractivity contribution is -0.115. The summed E-state index contributed by atoms with van der Waals surface area (Å²) in [5.74, 6) is 0.121. The molecule has 6 heteroatoms. The van der Waals surface area contributed by atoms with Gasteiger partial charge >= 0.3 is 0 Å². The van der Waals surface area contributed by atoms with Crippen molar-refractivity contribution >= 4 is 5.91 Å². The Labute approximate surface area is 145 Å². The Morgan fingerprint density at radius 2 is 1.52 bits per heavy atom. The number of phenolic OH excluding ortho intramolecular Hbond substituents is 2. The summed E-state index contributed by atoms with van der Waals surface area (Å²) in [6.45, 7) is 3.44. The van der Waals surface area contributed by atoms with Crippen molar-refractivity contribution in [2.75, 3.05) is 5.43 Å². The van der Waals surface area contributed by atoms with E-state index in [4.69, 9.17) is 0 Å². The van der Waals surface area contributed by atoms with Crippen LogP contribution < -0.4 is 5.43 Å². The van der Waals surface area contributed by atoms with E-state index >= 15 is 0 Å². The van der Waals surface area contributed by atoms with Crippen LogP contribution in [0.1, 0.15) is 19.4 Å². The van der Waals surface area contributed by atoms with Gasteiger partial charge in [-0.25, -0.2) is 5.43 Å². The molecule has 2 aromatic carbocycles. The van der Waals surface area contributed by atoms with E-state index in [1.807, 2.05) is 6.92 Å². The molecule has 0 bridgehead atoms. The molecule has 1 aromatic heterocycles. The summed E-state index contributed by atoms with van der Waals surface area (Å²) in [4.78, 5) is 13.1. The van der Waals surface area contributed by atoms with Gasteiger partial charge in [-0.05, 0) is 55.0 Å². The maximum Gasteiger partial charge on any atom is 0.236 e. The summed E-state index contributed by atoms with van der Waals surface area (Å²) in [6, 6.07) is 13.5. The molecule has 0 aliphatic carbocycles.